The zero-order valence-corrected chi connectivity index (χ0v) is 18.6. The number of carbonyl (C=O) groups excluding carboxylic acids is 1. The monoisotopic (exact) mass is 422 g/mol. The van der Waals surface area contributed by atoms with Gasteiger partial charge in [-0.1, -0.05) is 30.3 Å². The van der Waals surface area contributed by atoms with E-state index in [0.717, 1.165) is 49.3 Å². The number of hydrogen-bond acceptors (Lipinski definition) is 3. The minimum Gasteiger partial charge on any atom is -0.493 e. The van der Waals surface area contributed by atoms with Crippen LogP contribution in [0.2, 0.25) is 0 Å². The number of aromatic amines is 1. The van der Waals surface area contributed by atoms with Gasteiger partial charge < -0.3 is 24.7 Å². The first-order valence-corrected chi connectivity index (χ1v) is 11.0. The van der Waals surface area contributed by atoms with Gasteiger partial charge in [0.05, 0.1) is 26.7 Å². The lowest BCUT2D eigenvalue weighted by molar-refractivity contribution is -0.675. The fourth-order valence-electron chi connectivity index (χ4n) is 4.66. The topological polar surface area (TPSA) is 71.2 Å². The van der Waals surface area contributed by atoms with Crippen LogP contribution in [0, 0.1) is 0 Å². The molecule has 0 radical (unpaired) electrons. The number of H-pyrrole nitrogens is 1. The van der Waals surface area contributed by atoms with Gasteiger partial charge in [-0.3, -0.25) is 4.79 Å². The van der Waals surface area contributed by atoms with E-state index in [1.807, 2.05) is 30.0 Å². The summed E-state index contributed by atoms with van der Waals surface area (Å²) in [7, 11) is 3.34. The van der Waals surface area contributed by atoms with E-state index in [1.165, 1.54) is 10.9 Å². The third-order valence-corrected chi connectivity index (χ3v) is 6.34. The summed E-state index contributed by atoms with van der Waals surface area (Å²) < 4.78 is 11.3. The Labute approximate surface area is 183 Å². The fourth-order valence-corrected chi connectivity index (χ4v) is 4.66. The lowest BCUT2D eigenvalue weighted by Crippen LogP contribution is -2.92. The maximum absolute atomic E-state index is 12.9. The number of likely N-dealkylation sites (tertiary alicyclic amines) is 1. The second-order valence-electron chi connectivity index (χ2n) is 8.22. The van der Waals surface area contributed by atoms with E-state index in [0.29, 0.717) is 5.75 Å². The standard InChI is InChI=1S/C25H31N3O3/c1-17(25(29)28-13-6-7-14-28)26-15-21(19-10-8-12-23(30-2)24(19)31-3)20-16-27-22-11-5-4-9-18(20)22/h4-5,8-12,16-17,21,26-27H,6-7,13-15H2,1-3H3/p+1/t17-,21+/m1/s1. The molecule has 1 fully saturated rings. The molecule has 1 saturated heterocycles. The second-order valence-corrected chi connectivity index (χ2v) is 8.22. The normalized spacial score (nSPS) is 15.8. The molecule has 0 spiro atoms. The maximum atomic E-state index is 12.9. The largest absolute Gasteiger partial charge is 0.493 e. The summed E-state index contributed by atoms with van der Waals surface area (Å²) in [4.78, 5) is 18.3. The van der Waals surface area contributed by atoms with Gasteiger partial charge >= 0.3 is 0 Å². The Bertz CT molecular complexity index is 1040. The Morgan fingerprint density at radius 1 is 1.06 bits per heavy atom. The van der Waals surface area contributed by atoms with E-state index in [1.54, 1.807) is 14.2 Å². The molecule has 1 amide bonds. The van der Waals surface area contributed by atoms with E-state index in [9.17, 15) is 4.79 Å². The van der Waals surface area contributed by atoms with Crippen molar-refractivity contribution in [2.75, 3.05) is 33.9 Å². The third kappa shape index (κ3) is 4.26. The van der Waals surface area contributed by atoms with Crippen molar-refractivity contribution in [2.45, 2.75) is 31.7 Å². The number of carbonyl (C=O) groups is 1. The zero-order chi connectivity index (χ0) is 21.8. The van der Waals surface area contributed by atoms with Crippen LogP contribution in [0.25, 0.3) is 10.9 Å². The fraction of sp³-hybridized carbons (Fsp3) is 0.400. The predicted octanol–water partition coefficient (Wildman–Crippen LogP) is 2.89. The van der Waals surface area contributed by atoms with Crippen LogP contribution in [0.5, 0.6) is 11.5 Å². The Balaban J connectivity index is 1.68. The number of amides is 1. The number of benzene rings is 2. The number of para-hydroxylation sites is 2. The van der Waals surface area contributed by atoms with Crippen molar-refractivity contribution >= 4 is 16.8 Å². The summed E-state index contributed by atoms with van der Waals surface area (Å²) >= 11 is 0. The smallest absolute Gasteiger partial charge is 0.280 e. The Kier molecular flexibility index (Phi) is 6.47. The first kappa shape index (κ1) is 21.2. The van der Waals surface area contributed by atoms with Gasteiger partial charge in [-0.2, -0.15) is 0 Å². The van der Waals surface area contributed by atoms with Crippen molar-refractivity contribution < 1.29 is 19.6 Å². The van der Waals surface area contributed by atoms with Crippen LogP contribution < -0.4 is 14.8 Å². The van der Waals surface area contributed by atoms with Crippen LogP contribution in [0.3, 0.4) is 0 Å². The molecule has 2 atom stereocenters. The Morgan fingerprint density at radius 3 is 2.58 bits per heavy atom. The lowest BCUT2D eigenvalue weighted by Gasteiger charge is -2.23. The minimum atomic E-state index is -0.123. The van der Waals surface area contributed by atoms with Crippen LogP contribution in [-0.4, -0.2) is 55.7 Å². The number of ether oxygens (including phenoxy) is 2. The van der Waals surface area contributed by atoms with Crippen LogP contribution in [0.4, 0.5) is 0 Å². The molecule has 1 aliphatic rings. The molecule has 1 aromatic heterocycles. The molecule has 4 rings (SSSR count). The number of quaternary nitrogens is 1. The summed E-state index contributed by atoms with van der Waals surface area (Å²) in [6, 6.07) is 14.2. The van der Waals surface area contributed by atoms with E-state index in [4.69, 9.17) is 9.47 Å². The molecular formula is C25H32N3O3+. The molecule has 0 unspecified atom stereocenters. The average molecular weight is 423 g/mol. The summed E-state index contributed by atoms with van der Waals surface area (Å²) in [5, 5.41) is 3.34. The molecule has 0 saturated carbocycles. The molecule has 0 bridgehead atoms. The van der Waals surface area contributed by atoms with Crippen LogP contribution in [0.1, 0.15) is 36.8 Å². The van der Waals surface area contributed by atoms with Crippen molar-refractivity contribution in [2.24, 2.45) is 0 Å². The molecule has 31 heavy (non-hydrogen) atoms. The number of hydrogen-bond donors (Lipinski definition) is 2. The summed E-state index contributed by atoms with van der Waals surface area (Å²) in [5.74, 6) is 1.72. The van der Waals surface area contributed by atoms with Crippen molar-refractivity contribution in [3.63, 3.8) is 0 Å². The third-order valence-electron chi connectivity index (χ3n) is 6.34. The van der Waals surface area contributed by atoms with Gasteiger partial charge in [0.1, 0.15) is 0 Å². The van der Waals surface area contributed by atoms with E-state index < -0.39 is 0 Å². The first-order chi connectivity index (χ1) is 15.1. The van der Waals surface area contributed by atoms with Gasteiger partial charge in [0.15, 0.2) is 17.5 Å². The average Bonchev–Trinajstić information content (AvgIpc) is 3.49. The van der Waals surface area contributed by atoms with Gasteiger partial charge in [0.2, 0.25) is 0 Å². The number of methoxy groups -OCH3 is 2. The maximum Gasteiger partial charge on any atom is 0.280 e. The predicted molar refractivity (Wildman–Crippen MR) is 122 cm³/mol. The SMILES string of the molecule is COc1cccc([C@H](C[NH2+][C@H](C)C(=O)N2CCCC2)c2c[nH]c3ccccc23)c1OC. The number of aromatic nitrogens is 1. The van der Waals surface area contributed by atoms with E-state index in [-0.39, 0.29) is 17.9 Å². The highest BCUT2D eigenvalue weighted by atomic mass is 16.5. The summed E-state index contributed by atoms with van der Waals surface area (Å²) in [5.41, 5.74) is 3.36. The molecule has 6 heteroatoms. The highest BCUT2D eigenvalue weighted by molar-refractivity contribution is 5.84. The first-order valence-electron chi connectivity index (χ1n) is 11.0. The summed E-state index contributed by atoms with van der Waals surface area (Å²) in [6.07, 6.45) is 4.30. The molecular weight excluding hydrogens is 390 g/mol. The molecule has 2 heterocycles. The summed E-state index contributed by atoms with van der Waals surface area (Å²) in [6.45, 7) is 4.50. The highest BCUT2D eigenvalue weighted by Crippen LogP contribution is 2.39. The number of nitrogens with two attached hydrogens (primary N) is 1. The molecule has 3 N–H and O–H groups in total. The van der Waals surface area contributed by atoms with Gasteiger partial charge in [-0.25, -0.2) is 0 Å². The second kappa shape index (κ2) is 9.43. The van der Waals surface area contributed by atoms with Gasteiger partial charge in [0.25, 0.3) is 5.91 Å². The lowest BCUT2D eigenvalue weighted by atomic mass is 9.89. The number of nitrogens with zero attached hydrogens (tertiary/aromatic N) is 1. The van der Waals surface area contributed by atoms with Gasteiger partial charge in [-0.15, -0.1) is 0 Å². The van der Waals surface area contributed by atoms with Crippen molar-refractivity contribution in [3.05, 3.63) is 59.8 Å². The van der Waals surface area contributed by atoms with Crippen LogP contribution >= 0.6 is 0 Å². The molecule has 6 nitrogen and oxygen atoms in total. The van der Waals surface area contributed by atoms with E-state index >= 15 is 0 Å². The molecule has 3 aromatic rings. The molecule has 1 aliphatic heterocycles. The molecule has 2 aromatic carbocycles. The number of nitrogens with one attached hydrogen (secondary N) is 1. The van der Waals surface area contributed by atoms with Crippen molar-refractivity contribution in [1.29, 1.82) is 0 Å². The highest BCUT2D eigenvalue weighted by Gasteiger charge is 2.29. The van der Waals surface area contributed by atoms with E-state index in [2.05, 4.69) is 40.8 Å². The van der Waals surface area contributed by atoms with Crippen molar-refractivity contribution in [1.82, 2.24) is 9.88 Å². The zero-order valence-electron chi connectivity index (χ0n) is 18.6. The van der Waals surface area contributed by atoms with Gasteiger partial charge in [-0.05, 0) is 37.5 Å². The molecule has 164 valence electrons. The minimum absolute atomic E-state index is 0.0371. The Morgan fingerprint density at radius 2 is 1.84 bits per heavy atom. The van der Waals surface area contributed by atoms with Crippen molar-refractivity contribution in [3.8, 4) is 11.5 Å². The van der Waals surface area contributed by atoms with Crippen LogP contribution in [-0.2, 0) is 4.79 Å². The quantitative estimate of drug-likeness (QED) is 0.586. The number of rotatable bonds is 8. The van der Waals surface area contributed by atoms with Gasteiger partial charge in [0, 0.05) is 35.8 Å². The molecule has 0 aliphatic carbocycles. The Hall–Kier alpha value is -2.99. The van der Waals surface area contributed by atoms with Crippen LogP contribution in [0.15, 0.2) is 48.7 Å². The number of fused-ring (bicyclic) bond motifs is 1.